The van der Waals surface area contributed by atoms with Crippen molar-refractivity contribution in [3.8, 4) is 5.69 Å². The maximum Gasteiger partial charge on any atom is 0.126 e. The second-order valence-corrected chi connectivity index (χ2v) is 5.83. The lowest BCUT2D eigenvalue weighted by atomic mass is 10.2. The molecule has 24 heavy (non-hydrogen) atoms. The first-order valence-corrected chi connectivity index (χ1v) is 7.71. The van der Waals surface area contributed by atoms with E-state index in [4.69, 9.17) is 0 Å². The van der Waals surface area contributed by atoms with Crippen LogP contribution in [0, 0.1) is 32.4 Å². The summed E-state index contributed by atoms with van der Waals surface area (Å²) in [5.41, 5.74) is 5.21. The lowest BCUT2D eigenvalue weighted by Gasteiger charge is -2.09. The quantitative estimate of drug-likeness (QED) is 0.572. The minimum absolute atomic E-state index is 0.233. The number of hydrogen-bond acceptors (Lipinski definition) is 1. The van der Waals surface area contributed by atoms with E-state index in [1.165, 1.54) is 18.2 Å². The highest BCUT2D eigenvalue weighted by molar-refractivity contribution is 5.84. The molecule has 0 atom stereocenters. The summed E-state index contributed by atoms with van der Waals surface area (Å²) in [5.74, 6) is -0.488. The normalized spacial score (nSPS) is 11.4. The molecule has 0 unspecified atom stereocenters. The lowest BCUT2D eigenvalue weighted by molar-refractivity contribution is 0.618. The highest BCUT2D eigenvalue weighted by atomic mass is 19.1. The van der Waals surface area contributed by atoms with E-state index in [9.17, 15) is 8.78 Å². The van der Waals surface area contributed by atoms with Gasteiger partial charge < -0.3 is 4.57 Å². The molecule has 3 aromatic rings. The fourth-order valence-electron chi connectivity index (χ4n) is 2.76. The van der Waals surface area contributed by atoms with Crippen molar-refractivity contribution in [1.29, 1.82) is 0 Å². The number of hydrogen-bond donors (Lipinski definition) is 0. The molecule has 0 spiro atoms. The summed E-state index contributed by atoms with van der Waals surface area (Å²) in [6.45, 7) is 5.71. The summed E-state index contributed by atoms with van der Waals surface area (Å²) in [6, 6.07) is 13.2. The van der Waals surface area contributed by atoms with Crippen LogP contribution < -0.4 is 0 Å². The average molecular weight is 324 g/mol. The van der Waals surface area contributed by atoms with Crippen LogP contribution in [0.1, 0.15) is 22.5 Å². The van der Waals surface area contributed by atoms with E-state index in [2.05, 4.69) is 9.56 Å². The number of nitrogens with zero attached hydrogens (tertiary/aromatic N) is 2. The van der Waals surface area contributed by atoms with E-state index in [1.54, 1.807) is 37.4 Å². The molecule has 2 nitrogen and oxygen atoms in total. The van der Waals surface area contributed by atoms with Gasteiger partial charge in [0.15, 0.2) is 0 Å². The van der Waals surface area contributed by atoms with Gasteiger partial charge in [0.25, 0.3) is 0 Å². The molecular formula is C20H18F2N2. The van der Waals surface area contributed by atoms with E-state index in [0.717, 1.165) is 22.6 Å². The van der Waals surface area contributed by atoms with Gasteiger partial charge >= 0.3 is 0 Å². The molecule has 0 bridgehead atoms. The summed E-state index contributed by atoms with van der Waals surface area (Å²) in [4.78, 5) is 4.44. The third-order valence-corrected chi connectivity index (χ3v) is 4.05. The molecule has 0 aliphatic rings. The summed E-state index contributed by atoms with van der Waals surface area (Å²) in [7, 11) is 0. The summed E-state index contributed by atoms with van der Waals surface area (Å²) in [6.07, 6.45) is 1.77. The van der Waals surface area contributed by atoms with Gasteiger partial charge in [0, 0.05) is 28.9 Å². The molecule has 4 heteroatoms. The van der Waals surface area contributed by atoms with Gasteiger partial charge in [-0.1, -0.05) is 0 Å². The van der Waals surface area contributed by atoms with Crippen LogP contribution in [-0.2, 0) is 0 Å². The van der Waals surface area contributed by atoms with Gasteiger partial charge in [-0.3, -0.25) is 4.99 Å². The first-order valence-electron chi connectivity index (χ1n) is 7.71. The van der Waals surface area contributed by atoms with Crippen LogP contribution in [0.25, 0.3) is 5.69 Å². The van der Waals surface area contributed by atoms with Crippen molar-refractivity contribution < 1.29 is 8.78 Å². The number of benzene rings is 2. The van der Waals surface area contributed by atoms with Crippen molar-refractivity contribution in [2.24, 2.45) is 4.99 Å². The Morgan fingerprint density at radius 2 is 1.62 bits per heavy atom. The lowest BCUT2D eigenvalue weighted by Crippen LogP contribution is -1.99. The zero-order valence-corrected chi connectivity index (χ0v) is 13.8. The van der Waals surface area contributed by atoms with Gasteiger partial charge in [-0.25, -0.2) is 8.78 Å². The molecule has 0 amide bonds. The van der Waals surface area contributed by atoms with Crippen LogP contribution in [0.15, 0.2) is 53.5 Å². The van der Waals surface area contributed by atoms with Gasteiger partial charge in [-0.05, 0) is 74.9 Å². The fraction of sp³-hybridized carbons (Fsp3) is 0.150. The SMILES string of the molecule is Cc1cc(N=Cc2cc(C)n(-c3ccc(F)cc3)c2C)ccc1F. The zero-order valence-electron chi connectivity index (χ0n) is 13.8. The van der Waals surface area contributed by atoms with Crippen molar-refractivity contribution >= 4 is 11.9 Å². The van der Waals surface area contributed by atoms with Crippen molar-refractivity contribution in [1.82, 2.24) is 4.57 Å². The molecule has 0 radical (unpaired) electrons. The predicted molar refractivity (Wildman–Crippen MR) is 93.6 cm³/mol. The van der Waals surface area contributed by atoms with Gasteiger partial charge in [0.05, 0.1) is 5.69 Å². The highest BCUT2D eigenvalue weighted by Crippen LogP contribution is 2.21. The Balaban J connectivity index is 1.95. The topological polar surface area (TPSA) is 17.3 Å². The van der Waals surface area contributed by atoms with Crippen LogP contribution in [-0.4, -0.2) is 10.8 Å². The van der Waals surface area contributed by atoms with Gasteiger partial charge in [0.2, 0.25) is 0 Å². The van der Waals surface area contributed by atoms with Crippen molar-refractivity contribution in [2.75, 3.05) is 0 Å². The molecule has 0 aliphatic carbocycles. The first kappa shape index (κ1) is 16.1. The highest BCUT2D eigenvalue weighted by Gasteiger charge is 2.09. The van der Waals surface area contributed by atoms with Crippen LogP contribution in [0.5, 0.6) is 0 Å². The Labute approximate surface area is 140 Å². The number of halogens is 2. The average Bonchev–Trinajstić information content (AvgIpc) is 2.84. The Kier molecular flexibility index (Phi) is 4.30. The van der Waals surface area contributed by atoms with E-state index in [1.807, 2.05) is 19.9 Å². The van der Waals surface area contributed by atoms with E-state index in [0.29, 0.717) is 11.3 Å². The molecule has 0 N–H and O–H groups in total. The van der Waals surface area contributed by atoms with Gasteiger partial charge in [-0.2, -0.15) is 0 Å². The Morgan fingerprint density at radius 3 is 2.29 bits per heavy atom. The first-order chi connectivity index (χ1) is 11.5. The standard InChI is InChI=1S/C20H18F2N2/c1-13-10-18(6-9-20(13)22)23-12-16-11-14(2)24(15(16)3)19-7-4-17(21)5-8-19/h4-12H,1-3H3. The Hall–Kier alpha value is -2.75. The monoisotopic (exact) mass is 324 g/mol. The largest absolute Gasteiger partial charge is 0.318 e. The summed E-state index contributed by atoms with van der Waals surface area (Å²) in [5, 5.41) is 0. The van der Waals surface area contributed by atoms with Crippen LogP contribution in [0.4, 0.5) is 14.5 Å². The number of rotatable bonds is 3. The van der Waals surface area contributed by atoms with E-state index in [-0.39, 0.29) is 11.6 Å². The number of aromatic nitrogens is 1. The minimum atomic E-state index is -0.255. The summed E-state index contributed by atoms with van der Waals surface area (Å²) < 4.78 is 28.5. The molecular weight excluding hydrogens is 306 g/mol. The number of aliphatic imine (C=N–C) groups is 1. The van der Waals surface area contributed by atoms with Crippen LogP contribution in [0.3, 0.4) is 0 Å². The molecule has 1 aromatic heterocycles. The maximum atomic E-state index is 13.3. The minimum Gasteiger partial charge on any atom is -0.318 e. The summed E-state index contributed by atoms with van der Waals surface area (Å²) >= 11 is 0. The van der Waals surface area contributed by atoms with Crippen molar-refractivity contribution in [2.45, 2.75) is 20.8 Å². The van der Waals surface area contributed by atoms with Crippen molar-refractivity contribution in [3.63, 3.8) is 0 Å². The number of aryl methyl sites for hydroxylation is 2. The molecule has 0 saturated carbocycles. The second-order valence-electron chi connectivity index (χ2n) is 5.83. The van der Waals surface area contributed by atoms with E-state index < -0.39 is 0 Å². The second kappa shape index (κ2) is 6.40. The smallest absolute Gasteiger partial charge is 0.126 e. The van der Waals surface area contributed by atoms with Gasteiger partial charge in [-0.15, -0.1) is 0 Å². The fourth-order valence-corrected chi connectivity index (χ4v) is 2.76. The Morgan fingerprint density at radius 1 is 0.917 bits per heavy atom. The molecule has 122 valence electrons. The zero-order chi connectivity index (χ0) is 17.3. The molecule has 3 rings (SSSR count). The molecule has 0 fully saturated rings. The third-order valence-electron chi connectivity index (χ3n) is 4.05. The molecule has 0 saturated heterocycles. The van der Waals surface area contributed by atoms with E-state index >= 15 is 0 Å². The van der Waals surface area contributed by atoms with Crippen LogP contribution >= 0.6 is 0 Å². The van der Waals surface area contributed by atoms with Crippen molar-refractivity contribution in [3.05, 3.63) is 82.7 Å². The Bertz CT molecular complexity index is 906. The van der Waals surface area contributed by atoms with Crippen LogP contribution in [0.2, 0.25) is 0 Å². The maximum absolute atomic E-state index is 13.3. The molecule has 1 heterocycles. The van der Waals surface area contributed by atoms with Gasteiger partial charge in [0.1, 0.15) is 11.6 Å². The molecule has 0 aliphatic heterocycles. The molecule has 2 aromatic carbocycles. The third kappa shape index (κ3) is 3.13. The predicted octanol–water partition coefficient (Wildman–Crippen LogP) is 5.43.